The van der Waals surface area contributed by atoms with Gasteiger partial charge in [-0.2, -0.15) is 5.26 Å². The van der Waals surface area contributed by atoms with Gasteiger partial charge in [0.05, 0.1) is 33.1 Å². The van der Waals surface area contributed by atoms with Gasteiger partial charge in [0, 0.05) is 52.0 Å². The average Bonchev–Trinajstić information content (AvgIpc) is 3.81. The summed E-state index contributed by atoms with van der Waals surface area (Å²) in [5, 5.41) is 17.1. The van der Waals surface area contributed by atoms with Crippen LogP contribution in [0, 0.1) is 11.3 Å². The summed E-state index contributed by atoms with van der Waals surface area (Å²) in [5.74, 6) is 0. The van der Waals surface area contributed by atoms with Crippen molar-refractivity contribution < 1.29 is 0 Å². The van der Waals surface area contributed by atoms with Crippen LogP contribution in [-0.2, 0) is 0 Å². The Balaban J connectivity index is 1.30. The van der Waals surface area contributed by atoms with Gasteiger partial charge in [0.2, 0.25) is 0 Å². The van der Waals surface area contributed by atoms with Crippen LogP contribution in [-0.4, -0.2) is 4.57 Å². The van der Waals surface area contributed by atoms with E-state index in [4.69, 9.17) is 0 Å². The van der Waals surface area contributed by atoms with E-state index >= 15 is 0 Å². The minimum atomic E-state index is 0.675. The predicted octanol–water partition coefficient (Wildman–Crippen LogP) is 12.7. The lowest BCUT2D eigenvalue weighted by Crippen LogP contribution is -1.93. The van der Waals surface area contributed by atoms with Crippen LogP contribution in [0.2, 0.25) is 0 Å². The number of rotatable bonds is 3. The van der Waals surface area contributed by atoms with Gasteiger partial charge in [0.15, 0.2) is 0 Å². The first-order chi connectivity index (χ1) is 23.3. The van der Waals surface area contributed by atoms with E-state index in [2.05, 4.69) is 144 Å². The molecule has 47 heavy (non-hydrogen) atoms. The summed E-state index contributed by atoms with van der Waals surface area (Å²) in [6, 6.07) is 54.7. The van der Waals surface area contributed by atoms with Gasteiger partial charge in [0.1, 0.15) is 0 Å². The molecule has 0 amide bonds. The Kier molecular flexibility index (Phi) is 5.71. The molecule has 0 bridgehead atoms. The third kappa shape index (κ3) is 3.88. The maximum absolute atomic E-state index is 9.68. The van der Waals surface area contributed by atoms with Crippen LogP contribution >= 0.6 is 22.7 Å². The highest BCUT2D eigenvalue weighted by Gasteiger charge is 2.20. The molecular formula is C43H24N2S2. The Labute approximate surface area is 278 Å². The Morgan fingerprint density at radius 2 is 1.15 bits per heavy atom. The molecule has 0 radical (unpaired) electrons. The second-order valence-corrected chi connectivity index (χ2v) is 14.1. The minimum Gasteiger partial charge on any atom is -0.308 e. The van der Waals surface area contributed by atoms with Gasteiger partial charge >= 0.3 is 0 Å². The molecule has 0 atom stereocenters. The highest BCUT2D eigenvalue weighted by atomic mass is 32.1. The number of benzene rings is 7. The summed E-state index contributed by atoms with van der Waals surface area (Å²) in [7, 11) is 0. The third-order valence-corrected chi connectivity index (χ3v) is 11.9. The number of hydrogen-bond donors (Lipinski definition) is 0. The average molecular weight is 633 g/mol. The zero-order valence-electron chi connectivity index (χ0n) is 25.1. The quantitative estimate of drug-likeness (QED) is 0.190. The van der Waals surface area contributed by atoms with Crippen LogP contribution < -0.4 is 0 Å². The number of nitrogens with zero attached hydrogens (tertiary/aromatic N) is 2. The molecule has 0 aliphatic carbocycles. The Morgan fingerprint density at radius 1 is 0.447 bits per heavy atom. The van der Waals surface area contributed by atoms with Gasteiger partial charge in [-0.15, -0.1) is 22.7 Å². The molecule has 7 aromatic carbocycles. The van der Waals surface area contributed by atoms with Crippen molar-refractivity contribution in [1.29, 1.82) is 5.26 Å². The van der Waals surface area contributed by atoms with Crippen LogP contribution in [0.4, 0.5) is 0 Å². The highest BCUT2D eigenvalue weighted by Crippen LogP contribution is 2.47. The first kappa shape index (κ1) is 26.5. The maximum Gasteiger partial charge on any atom is 0.0991 e. The van der Waals surface area contributed by atoms with E-state index in [1.807, 2.05) is 34.8 Å². The van der Waals surface area contributed by atoms with Crippen LogP contribution in [0.1, 0.15) is 5.56 Å². The summed E-state index contributed by atoms with van der Waals surface area (Å²) in [5.41, 5.74) is 9.06. The van der Waals surface area contributed by atoms with Gasteiger partial charge in [-0.25, -0.2) is 0 Å². The van der Waals surface area contributed by atoms with E-state index in [0.717, 1.165) is 27.5 Å². The molecule has 0 N–H and O–H groups in total. The number of fused-ring (bicyclic) bond motifs is 9. The zero-order chi connectivity index (χ0) is 31.1. The van der Waals surface area contributed by atoms with Crippen molar-refractivity contribution in [3.8, 4) is 34.0 Å². The first-order valence-electron chi connectivity index (χ1n) is 15.7. The van der Waals surface area contributed by atoms with Crippen molar-refractivity contribution in [2.24, 2.45) is 0 Å². The predicted molar refractivity (Wildman–Crippen MR) is 202 cm³/mol. The second-order valence-electron chi connectivity index (χ2n) is 12.0. The summed E-state index contributed by atoms with van der Waals surface area (Å²) in [6.45, 7) is 0. The topological polar surface area (TPSA) is 28.7 Å². The summed E-state index contributed by atoms with van der Waals surface area (Å²) >= 11 is 3.75. The van der Waals surface area contributed by atoms with E-state index in [9.17, 15) is 5.26 Å². The normalized spacial score (nSPS) is 11.8. The van der Waals surface area contributed by atoms with Crippen molar-refractivity contribution in [3.63, 3.8) is 0 Å². The number of hydrogen-bond acceptors (Lipinski definition) is 3. The number of aromatic nitrogens is 1. The smallest absolute Gasteiger partial charge is 0.0991 e. The molecule has 10 rings (SSSR count). The maximum atomic E-state index is 9.68. The number of thiophene rings is 2. The fraction of sp³-hybridized carbons (Fsp3) is 0. The highest BCUT2D eigenvalue weighted by molar-refractivity contribution is 7.27. The molecule has 3 aromatic heterocycles. The lowest BCUT2D eigenvalue weighted by Gasteiger charge is -2.10. The van der Waals surface area contributed by atoms with Crippen LogP contribution in [0.5, 0.6) is 0 Å². The van der Waals surface area contributed by atoms with E-state index in [1.165, 1.54) is 62.6 Å². The van der Waals surface area contributed by atoms with Gasteiger partial charge in [-0.1, -0.05) is 97.1 Å². The van der Waals surface area contributed by atoms with Crippen molar-refractivity contribution >= 4 is 84.8 Å². The van der Waals surface area contributed by atoms with Gasteiger partial charge in [-0.3, -0.25) is 0 Å². The summed E-state index contributed by atoms with van der Waals surface area (Å²) in [4.78, 5) is 0. The van der Waals surface area contributed by atoms with Gasteiger partial charge in [0.25, 0.3) is 0 Å². The molecule has 10 aromatic rings. The van der Waals surface area contributed by atoms with E-state index in [1.54, 1.807) is 0 Å². The van der Waals surface area contributed by atoms with Crippen LogP contribution in [0.25, 0.3) is 90.1 Å². The molecule has 0 fully saturated rings. The minimum absolute atomic E-state index is 0.675. The third-order valence-electron chi connectivity index (χ3n) is 9.42. The molecule has 0 unspecified atom stereocenters. The van der Waals surface area contributed by atoms with E-state index < -0.39 is 0 Å². The molecule has 0 aliphatic rings. The van der Waals surface area contributed by atoms with Gasteiger partial charge in [-0.05, 0) is 65.2 Å². The Morgan fingerprint density at radius 3 is 2.02 bits per heavy atom. The molecular weight excluding hydrogens is 609 g/mol. The van der Waals surface area contributed by atoms with Crippen molar-refractivity contribution in [3.05, 3.63) is 151 Å². The lowest BCUT2D eigenvalue weighted by atomic mass is 9.95. The van der Waals surface area contributed by atoms with Crippen LogP contribution in [0.15, 0.2) is 146 Å². The molecule has 0 saturated heterocycles. The number of nitriles is 1. The number of para-hydroxylation sites is 1. The summed E-state index contributed by atoms with van der Waals surface area (Å²) in [6.07, 6.45) is 0. The monoisotopic (exact) mass is 632 g/mol. The molecule has 0 saturated carbocycles. The molecule has 218 valence electrons. The second kappa shape index (κ2) is 10.1. The first-order valence-corrected chi connectivity index (χ1v) is 17.3. The fourth-order valence-corrected chi connectivity index (χ4v) is 9.89. The lowest BCUT2D eigenvalue weighted by molar-refractivity contribution is 1.20. The molecule has 3 heterocycles. The van der Waals surface area contributed by atoms with Crippen molar-refractivity contribution in [2.75, 3.05) is 0 Å². The standard InChI is InChI=1S/C43H24N2S2/c44-25-26-20-21-38-35(22-26)30-12-4-6-17-37(30)45(38)39-18-9-16-33-36-24-28(23-34(42(36)47-43(33)39)27-10-2-1-3-11-27)29-14-8-15-32-31-13-5-7-19-40(31)46-41(29)32/h1-24H. The van der Waals surface area contributed by atoms with E-state index in [0.29, 0.717) is 5.56 Å². The molecule has 4 heteroatoms. The Bertz CT molecular complexity index is 2920. The van der Waals surface area contributed by atoms with E-state index in [-0.39, 0.29) is 0 Å². The van der Waals surface area contributed by atoms with Crippen molar-refractivity contribution in [1.82, 2.24) is 4.57 Å². The van der Waals surface area contributed by atoms with Gasteiger partial charge < -0.3 is 4.57 Å². The largest absolute Gasteiger partial charge is 0.308 e. The molecule has 0 aliphatic heterocycles. The zero-order valence-corrected chi connectivity index (χ0v) is 26.7. The van der Waals surface area contributed by atoms with Crippen LogP contribution in [0.3, 0.4) is 0 Å². The van der Waals surface area contributed by atoms with Crippen molar-refractivity contribution in [2.45, 2.75) is 0 Å². The summed E-state index contributed by atoms with van der Waals surface area (Å²) < 4.78 is 7.57. The molecule has 0 spiro atoms. The Hall–Kier alpha value is -5.73. The fourth-order valence-electron chi connectivity index (χ4n) is 7.33. The molecule has 2 nitrogen and oxygen atoms in total. The SMILES string of the molecule is N#Cc1ccc2c(c1)c1ccccc1n2-c1cccc2c1sc1c(-c3ccccc3)cc(-c3cccc4c3sc3ccccc34)cc12.